The molecule has 0 radical (unpaired) electrons. The van der Waals surface area contributed by atoms with Gasteiger partial charge >= 0.3 is 11.9 Å². The summed E-state index contributed by atoms with van der Waals surface area (Å²) < 4.78 is 19.2. The number of benzene rings is 2. The van der Waals surface area contributed by atoms with Crippen LogP contribution >= 0.6 is 0 Å². The molecule has 47 heavy (non-hydrogen) atoms. The lowest BCUT2D eigenvalue weighted by Gasteiger charge is -2.24. The highest BCUT2D eigenvalue weighted by molar-refractivity contribution is 6.17. The molecule has 0 saturated heterocycles. The predicted molar refractivity (Wildman–Crippen MR) is 185 cm³/mol. The van der Waals surface area contributed by atoms with E-state index in [0.717, 1.165) is 47.0 Å². The first-order valence-corrected chi connectivity index (χ1v) is 17.4. The molecule has 0 bridgehead atoms. The van der Waals surface area contributed by atoms with Gasteiger partial charge in [-0.2, -0.15) is 0 Å². The lowest BCUT2D eigenvalue weighted by molar-refractivity contribution is -0.153. The van der Waals surface area contributed by atoms with Crippen LogP contribution in [0.1, 0.15) is 114 Å². The Bertz CT molecular complexity index is 1750. The van der Waals surface area contributed by atoms with Crippen molar-refractivity contribution in [3.8, 4) is 17.0 Å². The van der Waals surface area contributed by atoms with Gasteiger partial charge in [0.2, 0.25) is 0 Å². The van der Waals surface area contributed by atoms with Gasteiger partial charge in [-0.1, -0.05) is 39.2 Å². The van der Waals surface area contributed by atoms with Crippen molar-refractivity contribution >= 4 is 34.7 Å². The fraction of sp³-hybridized carbons (Fsp3) is 0.525. The van der Waals surface area contributed by atoms with Crippen LogP contribution in [-0.2, 0) is 25.6 Å². The molecule has 1 aliphatic heterocycles. The molecule has 2 fully saturated rings. The molecule has 2 aliphatic carbocycles. The minimum absolute atomic E-state index is 0.0552. The zero-order valence-corrected chi connectivity index (χ0v) is 29.0. The topological polar surface area (TPSA) is 83.8 Å². The van der Waals surface area contributed by atoms with Crippen molar-refractivity contribution in [2.75, 3.05) is 13.7 Å². The Hall–Kier alpha value is -3.87. The Morgan fingerprint density at radius 3 is 2.43 bits per heavy atom. The van der Waals surface area contributed by atoms with Gasteiger partial charge in [0, 0.05) is 22.0 Å². The molecule has 1 aromatic heterocycles. The number of nitrogens with zero attached hydrogens (tertiary/aromatic N) is 1. The third-order valence-corrected chi connectivity index (χ3v) is 10.1. The number of fused-ring (bicyclic) bond motifs is 5. The smallest absolute Gasteiger partial charge is 0.338 e. The number of aromatic nitrogens is 1. The molecule has 0 amide bonds. The second-order valence-electron chi connectivity index (χ2n) is 15.1. The maximum Gasteiger partial charge on any atom is 0.338 e. The number of methoxy groups -OCH3 is 1. The molecule has 7 nitrogen and oxygen atoms in total. The Morgan fingerprint density at radius 1 is 1.02 bits per heavy atom. The van der Waals surface area contributed by atoms with Crippen LogP contribution < -0.4 is 4.74 Å². The summed E-state index contributed by atoms with van der Waals surface area (Å²) >= 11 is 0. The van der Waals surface area contributed by atoms with Crippen molar-refractivity contribution in [1.82, 2.24) is 4.57 Å². The molecule has 6 rings (SSSR count). The average molecular weight is 640 g/mol. The quantitative estimate of drug-likeness (QED) is 0.172. The molecule has 3 aromatic rings. The minimum atomic E-state index is -1.17. The summed E-state index contributed by atoms with van der Waals surface area (Å²) in [7, 11) is 1.65. The van der Waals surface area contributed by atoms with Crippen molar-refractivity contribution in [2.24, 2.45) is 17.3 Å². The molecular weight excluding hydrogens is 590 g/mol. The van der Waals surface area contributed by atoms with E-state index in [1.807, 2.05) is 51.1 Å². The highest BCUT2D eigenvalue weighted by Gasteiger charge is 2.66. The summed E-state index contributed by atoms with van der Waals surface area (Å²) in [4.78, 5) is 41.7. The van der Waals surface area contributed by atoms with E-state index in [0.29, 0.717) is 35.1 Å². The van der Waals surface area contributed by atoms with Gasteiger partial charge in [-0.25, -0.2) is 4.79 Å². The van der Waals surface area contributed by atoms with E-state index in [1.165, 1.54) is 24.8 Å². The Labute approximate surface area is 278 Å². The van der Waals surface area contributed by atoms with Gasteiger partial charge in [-0.3, -0.25) is 9.59 Å². The summed E-state index contributed by atoms with van der Waals surface area (Å²) in [6.45, 7) is 12.1. The number of hydrogen-bond donors (Lipinski definition) is 0. The van der Waals surface area contributed by atoms with Crippen LogP contribution in [0.25, 0.3) is 28.2 Å². The van der Waals surface area contributed by atoms with Gasteiger partial charge in [-0.15, -0.1) is 0 Å². The number of allylic oxidation sites excluding steroid dienone is 1. The maximum atomic E-state index is 14.8. The molecule has 2 aromatic carbocycles. The number of rotatable bonds is 9. The van der Waals surface area contributed by atoms with Crippen molar-refractivity contribution in [3.63, 3.8) is 0 Å². The molecule has 0 N–H and O–H groups in total. The van der Waals surface area contributed by atoms with E-state index < -0.39 is 17.0 Å². The zero-order chi connectivity index (χ0) is 33.7. The number of esters is 2. The van der Waals surface area contributed by atoms with E-state index >= 15 is 0 Å². The molecule has 2 saturated carbocycles. The molecule has 2 atom stereocenters. The summed E-state index contributed by atoms with van der Waals surface area (Å²) in [6.07, 6.45) is 9.00. The SMILES string of the molecule is CCOC(=O)C1(C(=O)C2=Cc3cc(OC)ccc3-c3c(C4CCCCC4)c4ccc(C(=O)OC(C)(C)C)cc4n3C2)CC1CC(C)C. The highest BCUT2D eigenvalue weighted by atomic mass is 16.6. The fourth-order valence-electron chi connectivity index (χ4n) is 7.99. The molecule has 0 spiro atoms. The second-order valence-corrected chi connectivity index (χ2v) is 15.1. The Morgan fingerprint density at radius 2 is 1.77 bits per heavy atom. The fourth-order valence-corrected chi connectivity index (χ4v) is 7.99. The van der Waals surface area contributed by atoms with E-state index in [1.54, 1.807) is 14.0 Å². The third-order valence-electron chi connectivity index (χ3n) is 10.1. The zero-order valence-electron chi connectivity index (χ0n) is 29.0. The van der Waals surface area contributed by atoms with Gasteiger partial charge in [0.15, 0.2) is 5.78 Å². The maximum absolute atomic E-state index is 14.8. The molecule has 3 aliphatic rings. The molecule has 250 valence electrons. The van der Waals surface area contributed by atoms with Crippen molar-refractivity contribution in [1.29, 1.82) is 0 Å². The van der Waals surface area contributed by atoms with Crippen LogP contribution in [0.4, 0.5) is 0 Å². The van der Waals surface area contributed by atoms with Crippen LogP contribution in [-0.4, -0.2) is 41.6 Å². The van der Waals surface area contributed by atoms with Gasteiger partial charge in [0.05, 0.1) is 31.5 Å². The number of ketones is 1. The van der Waals surface area contributed by atoms with Crippen molar-refractivity contribution < 1.29 is 28.6 Å². The van der Waals surface area contributed by atoms with Gasteiger partial charge < -0.3 is 18.8 Å². The molecule has 2 heterocycles. The first kappa shape index (κ1) is 33.0. The molecule has 7 heteroatoms. The first-order chi connectivity index (χ1) is 22.4. The van der Waals surface area contributed by atoms with Crippen molar-refractivity contribution in [2.45, 2.75) is 105 Å². The summed E-state index contributed by atoms with van der Waals surface area (Å²) in [5, 5.41) is 1.10. The number of carbonyl (C=O) groups excluding carboxylic acids is 3. The summed E-state index contributed by atoms with van der Waals surface area (Å²) in [5.41, 5.74) is 4.38. The second kappa shape index (κ2) is 12.6. The number of ether oxygens (including phenoxy) is 3. The minimum Gasteiger partial charge on any atom is -0.497 e. The normalized spacial score (nSPS) is 21.0. The predicted octanol–water partition coefficient (Wildman–Crippen LogP) is 8.90. The van der Waals surface area contributed by atoms with Gasteiger partial charge in [0.25, 0.3) is 0 Å². The summed E-state index contributed by atoms with van der Waals surface area (Å²) in [6, 6.07) is 11.9. The van der Waals surface area contributed by atoms with E-state index in [9.17, 15) is 14.4 Å². The average Bonchev–Trinajstić information content (AvgIpc) is 3.70. The van der Waals surface area contributed by atoms with Crippen LogP contribution in [0.15, 0.2) is 42.0 Å². The Balaban J connectivity index is 1.57. The summed E-state index contributed by atoms with van der Waals surface area (Å²) in [5.74, 6) is 0.392. The van der Waals surface area contributed by atoms with Gasteiger partial charge in [-0.05, 0) is 119 Å². The lowest BCUT2D eigenvalue weighted by Crippen LogP contribution is -2.32. The van der Waals surface area contributed by atoms with Gasteiger partial charge in [0.1, 0.15) is 16.8 Å². The standard InChI is InChI=1S/C40H49NO6/c1-8-46-38(44)40(22-29(40)18-24(2)3)36(42)28-19-27-20-30(45-7)15-17-31(27)35-34(25-12-10-9-11-13-25)32-16-14-26(21-33(32)41(35)23-28)37(43)47-39(4,5)6/h14-17,19-21,24-25,29H,8-13,18,22-23H2,1-7H3. The lowest BCUT2D eigenvalue weighted by atomic mass is 9.81. The Kier molecular flexibility index (Phi) is 8.88. The van der Waals surface area contributed by atoms with Crippen LogP contribution in [0.5, 0.6) is 5.75 Å². The monoisotopic (exact) mass is 639 g/mol. The van der Waals surface area contributed by atoms with E-state index in [2.05, 4.69) is 30.5 Å². The van der Waals surface area contributed by atoms with E-state index in [-0.39, 0.29) is 30.8 Å². The number of Topliss-reactive ketones (excluding diaryl/α,β-unsaturated/α-hetero) is 1. The highest BCUT2D eigenvalue weighted by Crippen LogP contribution is 2.59. The van der Waals surface area contributed by atoms with Crippen LogP contribution in [0.2, 0.25) is 0 Å². The number of hydrogen-bond acceptors (Lipinski definition) is 6. The third kappa shape index (κ3) is 6.14. The molecular formula is C40H49NO6. The molecule has 2 unspecified atom stereocenters. The van der Waals surface area contributed by atoms with Crippen LogP contribution in [0, 0.1) is 17.3 Å². The largest absolute Gasteiger partial charge is 0.497 e. The van der Waals surface area contributed by atoms with Crippen LogP contribution in [0.3, 0.4) is 0 Å². The number of carbonyl (C=O) groups is 3. The first-order valence-electron chi connectivity index (χ1n) is 17.4. The van der Waals surface area contributed by atoms with E-state index in [4.69, 9.17) is 14.2 Å². The van der Waals surface area contributed by atoms with Crippen molar-refractivity contribution in [3.05, 3.63) is 58.7 Å².